The van der Waals surface area contributed by atoms with E-state index in [0.717, 1.165) is 24.0 Å². The van der Waals surface area contributed by atoms with Gasteiger partial charge in [-0.1, -0.05) is 55.6 Å². The van der Waals surface area contributed by atoms with Crippen LogP contribution in [-0.2, 0) is 16.0 Å². The van der Waals surface area contributed by atoms with Gasteiger partial charge in [-0.2, -0.15) is 0 Å². The summed E-state index contributed by atoms with van der Waals surface area (Å²) in [5.74, 6) is 0.578. The van der Waals surface area contributed by atoms with Crippen LogP contribution in [0.4, 0.5) is 0 Å². The highest BCUT2D eigenvalue weighted by Crippen LogP contribution is 2.49. The molecule has 0 bridgehead atoms. The highest BCUT2D eigenvalue weighted by molar-refractivity contribution is 6.01. The fourth-order valence-electron chi connectivity index (χ4n) is 4.01. The zero-order valence-electron chi connectivity index (χ0n) is 18.9. The third-order valence-corrected chi connectivity index (χ3v) is 5.58. The molecule has 1 unspecified atom stereocenters. The molecule has 0 aromatic heterocycles. The normalized spacial score (nSPS) is 14.8. The number of rotatable bonds is 6. The summed E-state index contributed by atoms with van der Waals surface area (Å²) in [6.45, 7) is 10.7. The summed E-state index contributed by atoms with van der Waals surface area (Å²) in [5, 5.41) is 1.36. The second-order valence-corrected chi connectivity index (χ2v) is 8.25. The SMILES string of the molecule is C=C(C)C(=O)Oc1c2c(c(OC(=O)C(=C)C)c3ccccc13)C(Oc1ccccc1)CCC2. The Morgan fingerprint density at radius 3 is 1.97 bits per heavy atom. The maximum atomic E-state index is 12.6. The van der Waals surface area contributed by atoms with E-state index in [0.29, 0.717) is 45.6 Å². The Kier molecular flexibility index (Phi) is 6.31. The predicted octanol–water partition coefficient (Wildman–Crippen LogP) is 6.26. The van der Waals surface area contributed by atoms with Crippen molar-refractivity contribution in [2.45, 2.75) is 39.2 Å². The number of benzene rings is 3. The van der Waals surface area contributed by atoms with Crippen molar-refractivity contribution >= 4 is 22.7 Å². The van der Waals surface area contributed by atoms with Gasteiger partial charge in [0.1, 0.15) is 23.4 Å². The molecule has 1 atom stereocenters. The molecule has 168 valence electrons. The van der Waals surface area contributed by atoms with Crippen molar-refractivity contribution in [3.8, 4) is 17.2 Å². The Balaban J connectivity index is 1.96. The molecule has 3 aromatic rings. The van der Waals surface area contributed by atoms with Crippen molar-refractivity contribution in [3.63, 3.8) is 0 Å². The molecule has 0 radical (unpaired) electrons. The number of hydrogen-bond acceptors (Lipinski definition) is 5. The van der Waals surface area contributed by atoms with Crippen LogP contribution in [0.25, 0.3) is 10.8 Å². The van der Waals surface area contributed by atoms with Gasteiger partial charge in [0.05, 0.1) is 0 Å². The van der Waals surface area contributed by atoms with Crippen LogP contribution in [-0.4, -0.2) is 11.9 Å². The number of para-hydroxylation sites is 1. The summed E-state index contributed by atoms with van der Waals surface area (Å²) in [5.41, 5.74) is 2.13. The molecule has 0 saturated carbocycles. The van der Waals surface area contributed by atoms with Gasteiger partial charge < -0.3 is 14.2 Å². The van der Waals surface area contributed by atoms with Crippen LogP contribution in [0.5, 0.6) is 17.2 Å². The molecule has 0 saturated heterocycles. The van der Waals surface area contributed by atoms with Gasteiger partial charge in [-0.05, 0) is 45.2 Å². The van der Waals surface area contributed by atoms with Gasteiger partial charge in [0.15, 0.2) is 0 Å². The number of esters is 2. The second kappa shape index (κ2) is 9.33. The number of fused-ring (bicyclic) bond motifs is 2. The van der Waals surface area contributed by atoms with E-state index in [4.69, 9.17) is 14.2 Å². The van der Waals surface area contributed by atoms with E-state index in [-0.39, 0.29) is 6.10 Å². The molecular weight excluding hydrogens is 416 g/mol. The molecule has 33 heavy (non-hydrogen) atoms. The molecule has 1 aliphatic rings. The number of hydrogen-bond donors (Lipinski definition) is 0. The van der Waals surface area contributed by atoms with Gasteiger partial charge in [-0.25, -0.2) is 9.59 Å². The average Bonchev–Trinajstić information content (AvgIpc) is 2.81. The Hall–Kier alpha value is -3.86. The first kappa shape index (κ1) is 22.3. The minimum absolute atomic E-state index is 0.293. The summed E-state index contributed by atoms with van der Waals surface area (Å²) in [6, 6.07) is 16.9. The third-order valence-electron chi connectivity index (χ3n) is 5.58. The van der Waals surface area contributed by atoms with Crippen molar-refractivity contribution < 1.29 is 23.8 Å². The first-order valence-electron chi connectivity index (χ1n) is 10.9. The molecule has 0 spiro atoms. The first-order chi connectivity index (χ1) is 15.9. The Morgan fingerprint density at radius 1 is 0.818 bits per heavy atom. The monoisotopic (exact) mass is 442 g/mol. The lowest BCUT2D eigenvalue weighted by Crippen LogP contribution is -2.21. The van der Waals surface area contributed by atoms with E-state index in [1.165, 1.54) is 0 Å². The molecule has 5 heteroatoms. The lowest BCUT2D eigenvalue weighted by atomic mass is 9.85. The van der Waals surface area contributed by atoms with Crippen LogP contribution < -0.4 is 14.2 Å². The fraction of sp³-hybridized carbons (Fsp3) is 0.214. The Morgan fingerprint density at radius 2 is 1.36 bits per heavy atom. The predicted molar refractivity (Wildman–Crippen MR) is 128 cm³/mol. The summed E-state index contributed by atoms with van der Waals surface area (Å²) in [7, 11) is 0. The van der Waals surface area contributed by atoms with Crippen molar-refractivity contribution in [1.82, 2.24) is 0 Å². The van der Waals surface area contributed by atoms with Gasteiger partial charge >= 0.3 is 11.9 Å². The van der Waals surface area contributed by atoms with Crippen molar-refractivity contribution in [1.29, 1.82) is 0 Å². The quantitative estimate of drug-likeness (QED) is 0.256. The topological polar surface area (TPSA) is 61.8 Å². The molecular formula is C28H26O5. The van der Waals surface area contributed by atoms with Crippen LogP contribution in [0, 0.1) is 0 Å². The van der Waals surface area contributed by atoms with Gasteiger partial charge in [-0.15, -0.1) is 0 Å². The van der Waals surface area contributed by atoms with Crippen molar-refractivity contribution in [3.05, 3.63) is 90.0 Å². The van der Waals surface area contributed by atoms with Crippen molar-refractivity contribution in [2.24, 2.45) is 0 Å². The minimum Gasteiger partial charge on any atom is -0.486 e. The Labute approximate surface area is 193 Å². The van der Waals surface area contributed by atoms with Gasteiger partial charge in [0.2, 0.25) is 0 Å². The Bertz CT molecular complexity index is 1260. The van der Waals surface area contributed by atoms with Crippen LogP contribution in [0.15, 0.2) is 78.9 Å². The fourth-order valence-corrected chi connectivity index (χ4v) is 4.01. The third kappa shape index (κ3) is 4.53. The second-order valence-electron chi connectivity index (χ2n) is 8.25. The number of ether oxygens (including phenoxy) is 3. The van der Waals surface area contributed by atoms with Gasteiger partial charge in [0.25, 0.3) is 0 Å². The molecule has 3 aromatic carbocycles. The lowest BCUT2D eigenvalue weighted by Gasteiger charge is -2.30. The van der Waals surface area contributed by atoms with E-state index in [2.05, 4.69) is 13.2 Å². The molecule has 0 amide bonds. The zero-order valence-corrected chi connectivity index (χ0v) is 18.9. The number of carbonyl (C=O) groups excluding carboxylic acids is 2. The lowest BCUT2D eigenvalue weighted by molar-refractivity contribution is -0.131. The van der Waals surface area contributed by atoms with E-state index >= 15 is 0 Å². The van der Waals surface area contributed by atoms with E-state index in [1.807, 2.05) is 54.6 Å². The highest BCUT2D eigenvalue weighted by atomic mass is 16.5. The average molecular weight is 443 g/mol. The summed E-state index contributed by atoms with van der Waals surface area (Å²) < 4.78 is 18.1. The van der Waals surface area contributed by atoms with Gasteiger partial charge in [-0.3, -0.25) is 0 Å². The summed E-state index contributed by atoms with van der Waals surface area (Å²) >= 11 is 0. The van der Waals surface area contributed by atoms with Crippen LogP contribution >= 0.6 is 0 Å². The first-order valence-corrected chi connectivity index (χ1v) is 10.9. The smallest absolute Gasteiger partial charge is 0.338 e. The maximum absolute atomic E-state index is 12.6. The maximum Gasteiger partial charge on any atom is 0.338 e. The molecule has 4 rings (SSSR count). The van der Waals surface area contributed by atoms with E-state index < -0.39 is 11.9 Å². The summed E-state index contributed by atoms with van der Waals surface area (Å²) in [6.07, 6.45) is 1.83. The molecule has 0 N–H and O–H groups in total. The van der Waals surface area contributed by atoms with Crippen molar-refractivity contribution in [2.75, 3.05) is 0 Å². The zero-order chi connectivity index (χ0) is 23.5. The van der Waals surface area contributed by atoms with Gasteiger partial charge in [0, 0.05) is 33.0 Å². The highest BCUT2D eigenvalue weighted by Gasteiger charge is 2.33. The van der Waals surface area contributed by atoms with Crippen LogP contribution in [0.3, 0.4) is 0 Å². The van der Waals surface area contributed by atoms with Crippen LogP contribution in [0.1, 0.15) is 43.9 Å². The molecule has 0 fully saturated rings. The summed E-state index contributed by atoms with van der Waals surface area (Å²) in [4.78, 5) is 25.1. The largest absolute Gasteiger partial charge is 0.486 e. The van der Waals surface area contributed by atoms with Crippen LogP contribution in [0.2, 0.25) is 0 Å². The minimum atomic E-state index is -0.516. The van der Waals surface area contributed by atoms with E-state index in [1.54, 1.807) is 13.8 Å². The molecule has 5 nitrogen and oxygen atoms in total. The molecule has 0 aliphatic heterocycles. The number of carbonyl (C=O) groups is 2. The molecule has 0 heterocycles. The molecule has 1 aliphatic carbocycles. The van der Waals surface area contributed by atoms with E-state index in [9.17, 15) is 9.59 Å². The standard InChI is InChI=1S/C28H26O5/c1-17(2)27(29)32-25-20-13-8-9-14-21(20)26(33-28(30)18(3)4)24-22(25)15-10-16-23(24)31-19-11-6-5-7-12-19/h5-9,11-14,23H,1,3,10,15-16H2,2,4H3.